The SMILES string of the molecule is O=Cc1ccc2oc(C=O)nc2c1. The lowest BCUT2D eigenvalue weighted by Gasteiger charge is -1.86. The van der Waals surface area contributed by atoms with E-state index in [9.17, 15) is 9.59 Å². The van der Waals surface area contributed by atoms with Crippen molar-refractivity contribution in [2.24, 2.45) is 0 Å². The first-order valence-corrected chi connectivity index (χ1v) is 3.64. The van der Waals surface area contributed by atoms with E-state index in [0.29, 0.717) is 29.2 Å². The van der Waals surface area contributed by atoms with E-state index >= 15 is 0 Å². The van der Waals surface area contributed by atoms with E-state index in [4.69, 9.17) is 4.42 Å². The van der Waals surface area contributed by atoms with Crippen molar-refractivity contribution >= 4 is 23.7 Å². The van der Waals surface area contributed by atoms with Crippen molar-refractivity contribution in [1.29, 1.82) is 0 Å². The van der Waals surface area contributed by atoms with Gasteiger partial charge in [0.2, 0.25) is 6.29 Å². The molecule has 0 saturated heterocycles. The van der Waals surface area contributed by atoms with Gasteiger partial charge in [-0.25, -0.2) is 4.98 Å². The zero-order chi connectivity index (χ0) is 9.26. The monoisotopic (exact) mass is 175 g/mol. The second kappa shape index (κ2) is 2.82. The molecule has 0 aliphatic carbocycles. The van der Waals surface area contributed by atoms with Crippen LogP contribution in [-0.2, 0) is 0 Å². The van der Waals surface area contributed by atoms with Crippen molar-refractivity contribution in [1.82, 2.24) is 4.98 Å². The summed E-state index contributed by atoms with van der Waals surface area (Å²) < 4.78 is 5.02. The number of nitrogens with zero attached hydrogens (tertiary/aromatic N) is 1. The molecular formula is C9H5NO3. The Morgan fingerprint density at radius 3 is 2.77 bits per heavy atom. The lowest BCUT2D eigenvalue weighted by molar-refractivity contribution is 0.109. The molecule has 0 aliphatic heterocycles. The van der Waals surface area contributed by atoms with Crippen LogP contribution in [-0.4, -0.2) is 17.6 Å². The van der Waals surface area contributed by atoms with Gasteiger partial charge in [-0.05, 0) is 18.2 Å². The number of aldehydes is 2. The van der Waals surface area contributed by atoms with E-state index < -0.39 is 0 Å². The number of hydrogen-bond donors (Lipinski definition) is 0. The quantitative estimate of drug-likeness (QED) is 0.648. The molecule has 1 aromatic carbocycles. The highest BCUT2D eigenvalue weighted by Gasteiger charge is 2.04. The van der Waals surface area contributed by atoms with Crippen molar-refractivity contribution in [3.05, 3.63) is 29.7 Å². The lowest BCUT2D eigenvalue weighted by atomic mass is 10.2. The molecule has 0 aliphatic rings. The summed E-state index contributed by atoms with van der Waals surface area (Å²) >= 11 is 0. The fourth-order valence-corrected chi connectivity index (χ4v) is 1.09. The van der Waals surface area contributed by atoms with Crippen molar-refractivity contribution < 1.29 is 14.0 Å². The van der Waals surface area contributed by atoms with E-state index in [1.165, 1.54) is 0 Å². The number of oxazole rings is 1. The van der Waals surface area contributed by atoms with Crippen molar-refractivity contribution in [2.75, 3.05) is 0 Å². The highest BCUT2D eigenvalue weighted by atomic mass is 16.4. The van der Waals surface area contributed by atoms with Gasteiger partial charge in [0.25, 0.3) is 5.89 Å². The number of carbonyl (C=O) groups is 2. The minimum Gasteiger partial charge on any atom is -0.434 e. The Morgan fingerprint density at radius 2 is 2.08 bits per heavy atom. The van der Waals surface area contributed by atoms with Crippen LogP contribution in [0.2, 0.25) is 0 Å². The second-order valence-corrected chi connectivity index (χ2v) is 2.51. The highest BCUT2D eigenvalue weighted by molar-refractivity contribution is 5.85. The maximum Gasteiger partial charge on any atom is 0.260 e. The molecule has 0 spiro atoms. The van der Waals surface area contributed by atoms with Crippen LogP contribution in [0.3, 0.4) is 0 Å². The molecule has 0 radical (unpaired) electrons. The van der Waals surface area contributed by atoms with Crippen LogP contribution in [0.1, 0.15) is 21.0 Å². The third-order valence-corrected chi connectivity index (χ3v) is 1.67. The topological polar surface area (TPSA) is 60.2 Å². The van der Waals surface area contributed by atoms with Crippen LogP contribution in [0.25, 0.3) is 11.1 Å². The van der Waals surface area contributed by atoms with Gasteiger partial charge in [-0.3, -0.25) is 9.59 Å². The van der Waals surface area contributed by atoms with E-state index in [-0.39, 0.29) is 5.89 Å². The van der Waals surface area contributed by atoms with Crippen molar-refractivity contribution in [3.63, 3.8) is 0 Å². The summed E-state index contributed by atoms with van der Waals surface area (Å²) in [6.07, 6.45) is 1.25. The van der Waals surface area contributed by atoms with Gasteiger partial charge in [-0.2, -0.15) is 0 Å². The molecule has 2 aromatic rings. The standard InChI is InChI=1S/C9H5NO3/c11-4-6-1-2-8-7(3-6)10-9(5-12)13-8/h1-5H. The first-order chi connectivity index (χ1) is 6.33. The van der Waals surface area contributed by atoms with Gasteiger partial charge in [-0.15, -0.1) is 0 Å². The zero-order valence-corrected chi connectivity index (χ0v) is 6.56. The summed E-state index contributed by atoms with van der Waals surface area (Å²) in [6, 6.07) is 4.78. The lowest BCUT2D eigenvalue weighted by Crippen LogP contribution is -1.78. The third kappa shape index (κ3) is 1.22. The summed E-state index contributed by atoms with van der Waals surface area (Å²) in [7, 11) is 0. The molecule has 0 N–H and O–H groups in total. The van der Waals surface area contributed by atoms with Gasteiger partial charge >= 0.3 is 0 Å². The Hall–Kier alpha value is -1.97. The number of rotatable bonds is 2. The van der Waals surface area contributed by atoms with Gasteiger partial charge in [0.1, 0.15) is 11.8 Å². The molecule has 0 fully saturated rings. The van der Waals surface area contributed by atoms with Crippen molar-refractivity contribution in [2.45, 2.75) is 0 Å². The molecule has 0 unspecified atom stereocenters. The van der Waals surface area contributed by atoms with Crippen molar-refractivity contribution in [3.8, 4) is 0 Å². The summed E-state index contributed by atoms with van der Waals surface area (Å²) in [5.74, 6) is 0.0260. The molecule has 4 heteroatoms. The van der Waals surface area contributed by atoms with Crippen LogP contribution in [0, 0.1) is 0 Å². The molecule has 0 bridgehead atoms. The molecule has 0 atom stereocenters. The van der Waals surface area contributed by atoms with Crippen LogP contribution >= 0.6 is 0 Å². The number of benzene rings is 1. The molecule has 13 heavy (non-hydrogen) atoms. The Kier molecular flexibility index (Phi) is 1.66. The number of carbonyl (C=O) groups excluding carboxylic acids is 2. The predicted octanol–water partition coefficient (Wildman–Crippen LogP) is 1.45. The highest BCUT2D eigenvalue weighted by Crippen LogP contribution is 2.15. The molecule has 4 nitrogen and oxygen atoms in total. The molecule has 64 valence electrons. The fourth-order valence-electron chi connectivity index (χ4n) is 1.09. The van der Waals surface area contributed by atoms with Gasteiger partial charge in [0.05, 0.1) is 0 Å². The summed E-state index contributed by atoms with van der Waals surface area (Å²) in [5.41, 5.74) is 1.54. The molecule has 2 rings (SSSR count). The smallest absolute Gasteiger partial charge is 0.260 e. The van der Waals surface area contributed by atoms with E-state index in [1.807, 2.05) is 0 Å². The fraction of sp³-hybridized carbons (Fsp3) is 0. The van der Waals surface area contributed by atoms with Crippen LogP contribution < -0.4 is 0 Å². The number of hydrogen-bond acceptors (Lipinski definition) is 4. The largest absolute Gasteiger partial charge is 0.434 e. The first-order valence-electron chi connectivity index (χ1n) is 3.64. The van der Waals surface area contributed by atoms with Gasteiger partial charge in [-0.1, -0.05) is 0 Å². The van der Waals surface area contributed by atoms with Gasteiger partial charge in [0.15, 0.2) is 5.58 Å². The Morgan fingerprint density at radius 1 is 1.23 bits per heavy atom. The summed E-state index contributed by atoms with van der Waals surface area (Å²) in [6.45, 7) is 0. The van der Waals surface area contributed by atoms with Gasteiger partial charge < -0.3 is 4.42 Å². The Bertz CT molecular complexity index is 467. The number of aromatic nitrogens is 1. The minimum atomic E-state index is 0.0260. The number of fused-ring (bicyclic) bond motifs is 1. The van der Waals surface area contributed by atoms with Crippen LogP contribution in [0.4, 0.5) is 0 Å². The molecular weight excluding hydrogens is 170 g/mol. The Balaban J connectivity index is 2.69. The normalized spacial score (nSPS) is 10.2. The van der Waals surface area contributed by atoms with Crippen LogP contribution in [0.5, 0.6) is 0 Å². The van der Waals surface area contributed by atoms with E-state index in [2.05, 4.69) is 4.98 Å². The average molecular weight is 175 g/mol. The third-order valence-electron chi connectivity index (χ3n) is 1.67. The zero-order valence-electron chi connectivity index (χ0n) is 6.56. The van der Waals surface area contributed by atoms with Crippen LogP contribution in [0.15, 0.2) is 22.6 Å². The van der Waals surface area contributed by atoms with E-state index in [1.54, 1.807) is 18.2 Å². The summed E-state index contributed by atoms with van der Waals surface area (Å²) in [5, 5.41) is 0. The second-order valence-electron chi connectivity index (χ2n) is 2.51. The predicted molar refractivity (Wildman–Crippen MR) is 44.8 cm³/mol. The molecule has 1 aromatic heterocycles. The maximum absolute atomic E-state index is 10.4. The van der Waals surface area contributed by atoms with E-state index in [0.717, 1.165) is 0 Å². The average Bonchev–Trinajstić information content (AvgIpc) is 2.58. The molecule has 1 heterocycles. The maximum atomic E-state index is 10.4. The molecule has 0 amide bonds. The summed E-state index contributed by atoms with van der Waals surface area (Å²) in [4.78, 5) is 24.5. The molecule has 0 saturated carbocycles. The van der Waals surface area contributed by atoms with Gasteiger partial charge in [0, 0.05) is 5.56 Å². The minimum absolute atomic E-state index is 0.0260. The Labute approximate surface area is 73.2 Å². The first kappa shape index (κ1) is 7.67.